The normalized spacial score (nSPS) is 16.7. The number of pyridine rings is 1. The molecule has 3 heterocycles. The first-order valence-corrected chi connectivity index (χ1v) is 8.56. The summed E-state index contributed by atoms with van der Waals surface area (Å²) in [7, 11) is 0. The van der Waals surface area contributed by atoms with E-state index in [1.54, 1.807) is 18.5 Å². The van der Waals surface area contributed by atoms with Gasteiger partial charge in [-0.05, 0) is 29.3 Å². The Hall–Kier alpha value is -2.67. The number of rotatable bonds is 2. The number of hydrogen-bond donors (Lipinski definition) is 2. The fraction of sp³-hybridized carbons (Fsp3) is 0.167. The van der Waals surface area contributed by atoms with Gasteiger partial charge < -0.3 is 15.0 Å². The quantitative estimate of drug-likeness (QED) is 0.693. The van der Waals surface area contributed by atoms with Crippen molar-refractivity contribution >= 4 is 38.7 Å². The molecule has 0 aliphatic carbocycles. The van der Waals surface area contributed by atoms with Crippen LogP contribution >= 0.6 is 15.9 Å². The third-order valence-corrected chi connectivity index (χ3v) is 5.04. The number of H-pyrrole nitrogens is 1. The Bertz CT molecular complexity index is 998. The van der Waals surface area contributed by atoms with Crippen LogP contribution in [0.15, 0.2) is 47.3 Å². The molecule has 25 heavy (non-hydrogen) atoms. The van der Waals surface area contributed by atoms with Crippen LogP contribution in [0, 0.1) is 0 Å². The zero-order valence-corrected chi connectivity index (χ0v) is 14.7. The number of aromatic nitrogens is 2. The number of carbonyl (C=O) groups excluding carboxylic acids is 1. The number of carbonyl (C=O) groups is 2. The summed E-state index contributed by atoms with van der Waals surface area (Å²) in [5.41, 5.74) is 3.06. The average Bonchev–Trinajstić information content (AvgIpc) is 3.08. The lowest BCUT2D eigenvalue weighted by Crippen LogP contribution is -2.48. The number of amides is 1. The topological polar surface area (TPSA) is 86.3 Å². The smallest absolute Gasteiger partial charge is 0.326 e. The van der Waals surface area contributed by atoms with Crippen LogP contribution in [0.3, 0.4) is 0 Å². The SMILES string of the molecule is O=C(O)C1Cc2ccc(Br)cc2CN1C(=O)c1cncc2[nH]ccc12. The molecule has 4 rings (SSSR count). The lowest BCUT2D eigenvalue weighted by atomic mass is 9.93. The van der Waals surface area contributed by atoms with Gasteiger partial charge in [-0.3, -0.25) is 9.78 Å². The summed E-state index contributed by atoms with van der Waals surface area (Å²) in [5, 5.41) is 10.4. The van der Waals surface area contributed by atoms with Gasteiger partial charge in [0.25, 0.3) is 5.91 Å². The molecule has 3 aromatic rings. The lowest BCUT2D eigenvalue weighted by Gasteiger charge is -2.34. The highest BCUT2D eigenvalue weighted by atomic mass is 79.9. The summed E-state index contributed by atoms with van der Waals surface area (Å²) in [6, 6.07) is 6.64. The van der Waals surface area contributed by atoms with E-state index in [1.807, 2.05) is 18.2 Å². The van der Waals surface area contributed by atoms with Gasteiger partial charge in [0.1, 0.15) is 6.04 Å². The van der Waals surface area contributed by atoms with E-state index in [0.29, 0.717) is 12.0 Å². The third kappa shape index (κ3) is 2.70. The van der Waals surface area contributed by atoms with E-state index < -0.39 is 12.0 Å². The number of carboxylic acids is 1. The second-order valence-corrected chi connectivity index (χ2v) is 6.95. The molecular weight excluding hydrogens is 386 g/mol. The van der Waals surface area contributed by atoms with Crippen molar-refractivity contribution in [2.75, 3.05) is 0 Å². The van der Waals surface area contributed by atoms with E-state index in [-0.39, 0.29) is 12.5 Å². The van der Waals surface area contributed by atoms with Crippen molar-refractivity contribution in [2.24, 2.45) is 0 Å². The molecule has 0 radical (unpaired) electrons. The Labute approximate surface area is 151 Å². The highest BCUT2D eigenvalue weighted by Crippen LogP contribution is 2.29. The summed E-state index contributed by atoms with van der Waals surface area (Å²) in [6.07, 6.45) is 5.16. The van der Waals surface area contributed by atoms with Gasteiger partial charge in [0, 0.05) is 35.2 Å². The maximum atomic E-state index is 13.1. The van der Waals surface area contributed by atoms with Gasteiger partial charge in [0.2, 0.25) is 0 Å². The second kappa shape index (κ2) is 6.00. The summed E-state index contributed by atoms with van der Waals surface area (Å²) in [5.74, 6) is -1.33. The van der Waals surface area contributed by atoms with Gasteiger partial charge in [-0.1, -0.05) is 22.0 Å². The van der Waals surface area contributed by atoms with Crippen molar-refractivity contribution in [3.63, 3.8) is 0 Å². The van der Waals surface area contributed by atoms with Crippen molar-refractivity contribution < 1.29 is 14.7 Å². The van der Waals surface area contributed by atoms with Crippen LogP contribution in [-0.4, -0.2) is 37.9 Å². The summed E-state index contributed by atoms with van der Waals surface area (Å²) in [4.78, 5) is 33.4. The van der Waals surface area contributed by atoms with Crippen LogP contribution < -0.4 is 0 Å². The Kier molecular flexibility index (Phi) is 3.80. The average molecular weight is 400 g/mol. The van der Waals surface area contributed by atoms with Crippen molar-refractivity contribution in [1.29, 1.82) is 0 Å². The third-order valence-electron chi connectivity index (χ3n) is 4.55. The fourth-order valence-corrected chi connectivity index (χ4v) is 3.70. The van der Waals surface area contributed by atoms with Crippen molar-refractivity contribution in [1.82, 2.24) is 14.9 Å². The van der Waals surface area contributed by atoms with Crippen LogP contribution in [0.1, 0.15) is 21.5 Å². The van der Waals surface area contributed by atoms with Crippen LogP contribution in [0.5, 0.6) is 0 Å². The maximum absolute atomic E-state index is 13.1. The molecule has 7 heteroatoms. The molecule has 0 bridgehead atoms. The molecule has 0 fully saturated rings. The number of aromatic amines is 1. The Balaban J connectivity index is 1.78. The van der Waals surface area contributed by atoms with Gasteiger partial charge in [-0.15, -0.1) is 0 Å². The molecule has 1 unspecified atom stereocenters. The van der Waals surface area contributed by atoms with E-state index in [4.69, 9.17) is 0 Å². The number of benzene rings is 1. The number of carboxylic acid groups (broad SMARTS) is 1. The van der Waals surface area contributed by atoms with Crippen LogP contribution in [0.25, 0.3) is 10.9 Å². The Morgan fingerprint density at radius 2 is 2.08 bits per heavy atom. The first-order valence-electron chi connectivity index (χ1n) is 7.77. The van der Waals surface area contributed by atoms with Gasteiger partial charge in [-0.25, -0.2) is 4.79 Å². The predicted molar refractivity (Wildman–Crippen MR) is 95.2 cm³/mol. The number of nitrogens with zero attached hydrogens (tertiary/aromatic N) is 2. The summed E-state index contributed by atoms with van der Waals surface area (Å²) >= 11 is 3.43. The molecule has 2 N–H and O–H groups in total. The Morgan fingerprint density at radius 3 is 2.88 bits per heavy atom. The van der Waals surface area contributed by atoms with Crippen LogP contribution in [0.2, 0.25) is 0 Å². The fourth-order valence-electron chi connectivity index (χ4n) is 3.29. The molecule has 126 valence electrons. The molecule has 0 saturated carbocycles. The van der Waals surface area contributed by atoms with Gasteiger partial charge in [0.15, 0.2) is 0 Å². The maximum Gasteiger partial charge on any atom is 0.326 e. The van der Waals surface area contributed by atoms with Gasteiger partial charge in [-0.2, -0.15) is 0 Å². The van der Waals surface area contributed by atoms with Crippen LogP contribution in [0.4, 0.5) is 0 Å². The lowest BCUT2D eigenvalue weighted by molar-refractivity contribution is -0.142. The van der Waals surface area contributed by atoms with Gasteiger partial charge >= 0.3 is 5.97 Å². The van der Waals surface area contributed by atoms with E-state index >= 15 is 0 Å². The van der Waals surface area contributed by atoms with E-state index in [2.05, 4.69) is 25.9 Å². The molecule has 1 aliphatic rings. The summed E-state index contributed by atoms with van der Waals surface area (Å²) < 4.78 is 0.904. The largest absolute Gasteiger partial charge is 0.480 e. The van der Waals surface area contributed by atoms with E-state index in [1.165, 1.54) is 11.1 Å². The van der Waals surface area contributed by atoms with Crippen molar-refractivity contribution in [2.45, 2.75) is 19.0 Å². The molecule has 1 atom stereocenters. The van der Waals surface area contributed by atoms with Gasteiger partial charge in [0.05, 0.1) is 17.3 Å². The number of halogens is 1. The predicted octanol–water partition coefficient (Wildman–Crippen LogP) is 2.98. The van der Waals surface area contributed by atoms with E-state index in [9.17, 15) is 14.7 Å². The standard InChI is InChI=1S/C18H14BrN3O3/c19-12-2-1-10-6-16(18(24)25)22(9-11(10)5-12)17(23)14-7-20-8-15-13(14)3-4-21-15/h1-5,7-8,16,21H,6,9H2,(H,24,25). The minimum absolute atomic E-state index is 0.255. The van der Waals surface area contributed by atoms with Crippen molar-refractivity contribution in [3.8, 4) is 0 Å². The monoisotopic (exact) mass is 399 g/mol. The second-order valence-electron chi connectivity index (χ2n) is 6.03. The number of hydrogen-bond acceptors (Lipinski definition) is 3. The Morgan fingerprint density at radius 1 is 1.24 bits per heavy atom. The molecular formula is C18H14BrN3O3. The first kappa shape index (κ1) is 15.8. The number of fused-ring (bicyclic) bond motifs is 2. The zero-order valence-electron chi connectivity index (χ0n) is 13.1. The highest BCUT2D eigenvalue weighted by Gasteiger charge is 2.35. The molecule has 2 aromatic heterocycles. The summed E-state index contributed by atoms with van der Waals surface area (Å²) in [6.45, 7) is 0.255. The molecule has 1 aromatic carbocycles. The molecule has 0 saturated heterocycles. The molecule has 0 spiro atoms. The molecule has 1 aliphatic heterocycles. The minimum atomic E-state index is -1.00. The number of aliphatic carboxylic acids is 1. The highest BCUT2D eigenvalue weighted by molar-refractivity contribution is 9.10. The zero-order chi connectivity index (χ0) is 17.6. The first-order chi connectivity index (χ1) is 12.0. The number of nitrogens with one attached hydrogen (secondary N) is 1. The molecule has 1 amide bonds. The van der Waals surface area contributed by atoms with Crippen molar-refractivity contribution in [3.05, 3.63) is 64.0 Å². The molecule has 6 nitrogen and oxygen atoms in total. The van der Waals surface area contributed by atoms with E-state index in [0.717, 1.165) is 26.5 Å². The van der Waals surface area contributed by atoms with Crippen LogP contribution in [-0.2, 0) is 17.8 Å². The minimum Gasteiger partial charge on any atom is -0.480 e.